The smallest absolute Gasteiger partial charge is 0.385 e. The number of halogens is 4. The van der Waals surface area contributed by atoms with Gasteiger partial charge in [0.2, 0.25) is 5.91 Å². The van der Waals surface area contributed by atoms with Gasteiger partial charge >= 0.3 is 6.18 Å². The van der Waals surface area contributed by atoms with Crippen LogP contribution in [0.5, 0.6) is 0 Å². The monoisotopic (exact) mass is 379 g/mol. The number of hydrazine groups is 1. The minimum Gasteiger partial charge on any atom is -0.385 e. The van der Waals surface area contributed by atoms with E-state index in [1.54, 1.807) is 0 Å². The SMILES string of the molecule is NNC(=O)CCCN1CCC(O)(c2ccc(Cl)c(C(F)(F)F)c2)CC1. The summed E-state index contributed by atoms with van der Waals surface area (Å²) >= 11 is 5.63. The van der Waals surface area contributed by atoms with Gasteiger partial charge in [0.15, 0.2) is 0 Å². The van der Waals surface area contributed by atoms with E-state index in [9.17, 15) is 23.1 Å². The molecule has 140 valence electrons. The van der Waals surface area contributed by atoms with E-state index in [2.05, 4.69) is 10.3 Å². The molecule has 1 heterocycles. The van der Waals surface area contributed by atoms with Gasteiger partial charge < -0.3 is 10.0 Å². The van der Waals surface area contributed by atoms with Crippen molar-refractivity contribution in [3.8, 4) is 0 Å². The quantitative estimate of drug-likeness (QED) is 0.417. The Hall–Kier alpha value is -1.35. The highest BCUT2D eigenvalue weighted by atomic mass is 35.5. The maximum atomic E-state index is 13.0. The Morgan fingerprint density at radius 1 is 1.36 bits per heavy atom. The van der Waals surface area contributed by atoms with Gasteiger partial charge in [-0.25, -0.2) is 5.84 Å². The molecule has 25 heavy (non-hydrogen) atoms. The van der Waals surface area contributed by atoms with Gasteiger partial charge in [-0.3, -0.25) is 10.2 Å². The van der Waals surface area contributed by atoms with Crippen LogP contribution < -0.4 is 11.3 Å². The topological polar surface area (TPSA) is 78.6 Å². The maximum Gasteiger partial charge on any atom is 0.417 e. The summed E-state index contributed by atoms with van der Waals surface area (Å²) in [7, 11) is 0. The number of carbonyl (C=O) groups excluding carboxylic acids is 1. The molecule has 0 radical (unpaired) electrons. The molecule has 0 unspecified atom stereocenters. The zero-order valence-corrected chi connectivity index (χ0v) is 14.3. The second kappa shape index (κ2) is 7.90. The highest BCUT2D eigenvalue weighted by Crippen LogP contribution is 2.39. The Kier molecular flexibility index (Phi) is 6.31. The summed E-state index contributed by atoms with van der Waals surface area (Å²) in [6, 6.07) is 3.55. The van der Waals surface area contributed by atoms with E-state index in [1.165, 1.54) is 12.1 Å². The summed E-state index contributed by atoms with van der Waals surface area (Å²) in [6.45, 7) is 1.73. The zero-order valence-electron chi connectivity index (χ0n) is 13.6. The molecule has 0 aliphatic carbocycles. The van der Waals surface area contributed by atoms with Crippen molar-refractivity contribution in [1.29, 1.82) is 0 Å². The Labute approximate surface area is 148 Å². The van der Waals surface area contributed by atoms with Crippen LogP contribution in [0.3, 0.4) is 0 Å². The first-order valence-electron chi connectivity index (χ1n) is 7.97. The van der Waals surface area contributed by atoms with E-state index in [0.717, 1.165) is 6.07 Å². The Morgan fingerprint density at radius 3 is 2.56 bits per heavy atom. The molecule has 0 aromatic heterocycles. The van der Waals surface area contributed by atoms with Gasteiger partial charge in [0.25, 0.3) is 0 Å². The molecule has 1 aromatic carbocycles. The van der Waals surface area contributed by atoms with Crippen molar-refractivity contribution in [3.63, 3.8) is 0 Å². The van der Waals surface area contributed by atoms with Crippen LogP contribution in [0.4, 0.5) is 13.2 Å². The molecule has 1 aromatic rings. The summed E-state index contributed by atoms with van der Waals surface area (Å²) < 4.78 is 39.0. The van der Waals surface area contributed by atoms with Crippen LogP contribution in [0.1, 0.15) is 36.8 Å². The number of nitrogens with one attached hydrogen (secondary N) is 1. The van der Waals surface area contributed by atoms with Crippen LogP contribution in [0.25, 0.3) is 0 Å². The lowest BCUT2D eigenvalue weighted by molar-refractivity contribution is -0.137. The fourth-order valence-electron chi connectivity index (χ4n) is 3.00. The van der Waals surface area contributed by atoms with Crippen molar-refractivity contribution in [2.45, 2.75) is 37.5 Å². The van der Waals surface area contributed by atoms with Crippen LogP contribution in [-0.2, 0) is 16.6 Å². The predicted octanol–water partition coefficient (Wildman–Crippen LogP) is 2.41. The van der Waals surface area contributed by atoms with E-state index in [1.807, 2.05) is 0 Å². The average Bonchev–Trinajstić information content (AvgIpc) is 2.55. The standard InChI is InChI=1S/C16H21ClF3N3O2/c17-13-4-3-11(10-12(13)16(18,19)20)15(25)5-8-23(9-6-15)7-1-2-14(24)22-21/h3-4,10,25H,1-2,5-9,21H2,(H,22,24). The number of nitrogens with zero attached hydrogens (tertiary/aromatic N) is 1. The Morgan fingerprint density at radius 2 is 2.00 bits per heavy atom. The molecular weight excluding hydrogens is 359 g/mol. The lowest BCUT2D eigenvalue weighted by atomic mass is 9.83. The number of piperidine rings is 1. The third-order valence-electron chi connectivity index (χ3n) is 4.53. The van der Waals surface area contributed by atoms with Crippen LogP contribution >= 0.6 is 11.6 Å². The largest absolute Gasteiger partial charge is 0.417 e. The van der Waals surface area contributed by atoms with Gasteiger partial charge in [0.1, 0.15) is 0 Å². The average molecular weight is 380 g/mol. The van der Waals surface area contributed by atoms with E-state index in [0.29, 0.717) is 45.3 Å². The van der Waals surface area contributed by atoms with E-state index in [4.69, 9.17) is 17.4 Å². The van der Waals surface area contributed by atoms with Gasteiger partial charge in [-0.05, 0) is 43.5 Å². The van der Waals surface area contributed by atoms with Crippen molar-refractivity contribution in [2.75, 3.05) is 19.6 Å². The van der Waals surface area contributed by atoms with Gasteiger partial charge in [0.05, 0.1) is 16.2 Å². The molecule has 5 nitrogen and oxygen atoms in total. The Bertz CT molecular complexity index is 617. The van der Waals surface area contributed by atoms with Gasteiger partial charge in [-0.15, -0.1) is 0 Å². The summed E-state index contributed by atoms with van der Waals surface area (Å²) in [6.07, 6.45) is -3.00. The molecule has 0 spiro atoms. The lowest BCUT2D eigenvalue weighted by Crippen LogP contribution is -2.43. The first-order chi connectivity index (χ1) is 11.7. The van der Waals surface area contributed by atoms with E-state index < -0.39 is 17.3 Å². The molecule has 1 amide bonds. The van der Waals surface area contributed by atoms with Gasteiger partial charge in [0, 0.05) is 19.5 Å². The summed E-state index contributed by atoms with van der Waals surface area (Å²) in [5.41, 5.74) is 0.0426. The lowest BCUT2D eigenvalue weighted by Gasteiger charge is -2.38. The van der Waals surface area contributed by atoms with Crippen molar-refractivity contribution in [2.24, 2.45) is 5.84 Å². The molecule has 0 saturated carbocycles. The fraction of sp³-hybridized carbons (Fsp3) is 0.562. The number of benzene rings is 1. The van der Waals surface area contributed by atoms with Crippen molar-refractivity contribution in [1.82, 2.24) is 10.3 Å². The number of likely N-dealkylation sites (tertiary alicyclic amines) is 1. The molecule has 4 N–H and O–H groups in total. The van der Waals surface area contributed by atoms with Crippen LogP contribution in [0.15, 0.2) is 18.2 Å². The van der Waals surface area contributed by atoms with Crippen molar-refractivity contribution >= 4 is 17.5 Å². The number of alkyl halides is 3. The highest BCUT2D eigenvalue weighted by Gasteiger charge is 2.38. The van der Waals surface area contributed by atoms with E-state index in [-0.39, 0.29) is 16.5 Å². The molecule has 2 rings (SSSR count). The van der Waals surface area contributed by atoms with Gasteiger partial charge in [-0.1, -0.05) is 17.7 Å². The molecule has 1 saturated heterocycles. The molecule has 1 aliphatic rings. The molecule has 1 fully saturated rings. The third-order valence-corrected chi connectivity index (χ3v) is 4.86. The number of hydrogen-bond acceptors (Lipinski definition) is 4. The molecule has 1 aliphatic heterocycles. The molecule has 0 atom stereocenters. The molecular formula is C16H21ClF3N3O2. The summed E-state index contributed by atoms with van der Waals surface area (Å²) in [4.78, 5) is 13.2. The number of carbonyl (C=O) groups is 1. The zero-order chi connectivity index (χ0) is 18.7. The minimum absolute atomic E-state index is 0.228. The molecule has 0 bridgehead atoms. The van der Waals surface area contributed by atoms with Crippen LogP contribution in [0, 0.1) is 0 Å². The minimum atomic E-state index is -4.56. The number of aliphatic hydroxyl groups is 1. The van der Waals surface area contributed by atoms with Crippen LogP contribution in [-0.4, -0.2) is 35.5 Å². The third kappa shape index (κ3) is 5.07. The molecule has 9 heteroatoms. The van der Waals surface area contributed by atoms with Crippen LogP contribution in [0.2, 0.25) is 5.02 Å². The number of amides is 1. The predicted molar refractivity (Wildman–Crippen MR) is 87.6 cm³/mol. The second-order valence-corrected chi connectivity index (χ2v) is 6.64. The maximum absolute atomic E-state index is 13.0. The summed E-state index contributed by atoms with van der Waals surface area (Å²) in [5, 5.41) is 10.4. The summed E-state index contributed by atoms with van der Waals surface area (Å²) in [5.74, 6) is 4.77. The normalized spacial score (nSPS) is 18.2. The second-order valence-electron chi connectivity index (χ2n) is 6.24. The number of rotatable bonds is 5. The first-order valence-corrected chi connectivity index (χ1v) is 8.35. The van der Waals surface area contributed by atoms with Crippen molar-refractivity contribution in [3.05, 3.63) is 34.3 Å². The van der Waals surface area contributed by atoms with Gasteiger partial charge in [-0.2, -0.15) is 13.2 Å². The van der Waals surface area contributed by atoms with Crippen molar-refractivity contribution < 1.29 is 23.1 Å². The Balaban J connectivity index is 1.99. The highest BCUT2D eigenvalue weighted by molar-refractivity contribution is 6.31. The first kappa shape index (κ1) is 20.0. The number of hydrogen-bond donors (Lipinski definition) is 3. The fourth-order valence-corrected chi connectivity index (χ4v) is 3.23. The number of nitrogens with two attached hydrogens (primary N) is 1. The van der Waals surface area contributed by atoms with E-state index >= 15 is 0 Å².